The first-order valence-electron chi connectivity index (χ1n) is 10.5. The Morgan fingerprint density at radius 2 is 1.62 bits per heavy atom. The number of rotatable bonds is 7. The molecule has 32 heavy (non-hydrogen) atoms. The minimum Gasteiger partial charge on any atom is -0.465 e. The highest BCUT2D eigenvalue weighted by Crippen LogP contribution is 2.36. The maximum absolute atomic E-state index is 12.9. The molecule has 2 aliphatic carbocycles. The maximum Gasteiger partial charge on any atom is 0.418 e. The summed E-state index contributed by atoms with van der Waals surface area (Å²) in [4.78, 5) is 21.4. The van der Waals surface area contributed by atoms with Gasteiger partial charge in [0.2, 0.25) is 5.91 Å². The van der Waals surface area contributed by atoms with Gasteiger partial charge in [0.1, 0.15) is 0 Å². The SMILES string of the molecule is O=C(CC1CC1)NC1CC1.O=C(O)NCc1ccc(Nc2ccccc2C(F)(F)F)cc1. The van der Waals surface area contributed by atoms with Gasteiger partial charge in [-0.05, 0) is 61.4 Å². The fourth-order valence-electron chi connectivity index (χ4n) is 2.98. The van der Waals surface area contributed by atoms with Crippen molar-refractivity contribution in [1.82, 2.24) is 10.6 Å². The first-order valence-corrected chi connectivity index (χ1v) is 10.5. The Balaban J connectivity index is 0.000000238. The number of para-hydroxylation sites is 1. The van der Waals surface area contributed by atoms with Gasteiger partial charge in [0.15, 0.2) is 0 Å². The predicted octanol–water partition coefficient (Wildman–Crippen LogP) is 5.28. The highest BCUT2D eigenvalue weighted by molar-refractivity contribution is 5.77. The maximum atomic E-state index is 12.9. The van der Waals surface area contributed by atoms with E-state index in [9.17, 15) is 22.8 Å². The van der Waals surface area contributed by atoms with Crippen LogP contribution in [0, 0.1) is 5.92 Å². The minimum absolute atomic E-state index is 0.0357. The van der Waals surface area contributed by atoms with E-state index in [1.165, 1.54) is 43.9 Å². The molecule has 2 aromatic rings. The van der Waals surface area contributed by atoms with E-state index in [-0.39, 0.29) is 18.1 Å². The fourth-order valence-corrected chi connectivity index (χ4v) is 2.98. The smallest absolute Gasteiger partial charge is 0.418 e. The second-order valence-electron chi connectivity index (χ2n) is 8.01. The lowest BCUT2D eigenvalue weighted by Gasteiger charge is -2.14. The van der Waals surface area contributed by atoms with Gasteiger partial charge in [-0.15, -0.1) is 0 Å². The third-order valence-electron chi connectivity index (χ3n) is 5.02. The van der Waals surface area contributed by atoms with Crippen LogP contribution < -0.4 is 16.0 Å². The molecule has 6 nitrogen and oxygen atoms in total. The highest BCUT2D eigenvalue weighted by Gasteiger charge is 2.33. The van der Waals surface area contributed by atoms with Crippen molar-refractivity contribution in [3.05, 3.63) is 59.7 Å². The summed E-state index contributed by atoms with van der Waals surface area (Å²) in [6.45, 7) is 0.134. The van der Waals surface area contributed by atoms with Crippen molar-refractivity contribution >= 4 is 23.4 Å². The van der Waals surface area contributed by atoms with Gasteiger partial charge in [0.25, 0.3) is 0 Å². The first kappa shape index (κ1) is 23.4. The van der Waals surface area contributed by atoms with Crippen molar-refractivity contribution < 1.29 is 27.9 Å². The molecule has 0 spiro atoms. The number of anilines is 2. The number of halogens is 3. The molecule has 4 rings (SSSR count). The van der Waals surface area contributed by atoms with Crippen molar-refractivity contribution in [2.45, 2.75) is 50.9 Å². The van der Waals surface area contributed by atoms with Crippen molar-refractivity contribution in [1.29, 1.82) is 0 Å². The molecule has 4 N–H and O–H groups in total. The van der Waals surface area contributed by atoms with Gasteiger partial charge in [0, 0.05) is 24.7 Å². The van der Waals surface area contributed by atoms with Crippen LogP contribution >= 0.6 is 0 Å². The van der Waals surface area contributed by atoms with Crippen molar-refractivity contribution in [2.75, 3.05) is 5.32 Å². The lowest BCUT2D eigenvalue weighted by molar-refractivity contribution is -0.137. The van der Waals surface area contributed by atoms with E-state index < -0.39 is 17.8 Å². The van der Waals surface area contributed by atoms with Crippen LogP contribution in [0.2, 0.25) is 0 Å². The van der Waals surface area contributed by atoms with Gasteiger partial charge in [-0.1, -0.05) is 24.3 Å². The fraction of sp³-hybridized carbons (Fsp3) is 0.391. The molecule has 2 aliphatic rings. The summed E-state index contributed by atoms with van der Waals surface area (Å²) >= 11 is 0. The van der Waals surface area contributed by atoms with Crippen LogP contribution in [0.25, 0.3) is 0 Å². The Hall–Kier alpha value is -3.23. The minimum atomic E-state index is -4.44. The average Bonchev–Trinajstić information content (AvgIpc) is 3.65. The molecule has 2 saturated carbocycles. The van der Waals surface area contributed by atoms with Crippen molar-refractivity contribution in [2.24, 2.45) is 5.92 Å². The zero-order chi connectivity index (χ0) is 23.1. The molecule has 0 aromatic heterocycles. The number of alkyl halides is 3. The summed E-state index contributed by atoms with van der Waals surface area (Å²) in [5, 5.41) is 16.4. The van der Waals surface area contributed by atoms with Crippen LogP contribution in [-0.2, 0) is 17.5 Å². The molecule has 0 atom stereocenters. The van der Waals surface area contributed by atoms with Gasteiger partial charge in [-0.2, -0.15) is 13.2 Å². The van der Waals surface area contributed by atoms with E-state index in [0.29, 0.717) is 17.3 Å². The summed E-state index contributed by atoms with van der Waals surface area (Å²) in [6.07, 6.45) is 0.176. The second kappa shape index (κ2) is 10.4. The van der Waals surface area contributed by atoms with E-state index in [0.717, 1.165) is 18.4 Å². The van der Waals surface area contributed by atoms with Gasteiger partial charge >= 0.3 is 12.3 Å². The monoisotopic (exact) mass is 449 g/mol. The number of nitrogens with one attached hydrogen (secondary N) is 3. The van der Waals surface area contributed by atoms with E-state index in [2.05, 4.69) is 16.0 Å². The third kappa shape index (κ3) is 8.13. The van der Waals surface area contributed by atoms with Crippen molar-refractivity contribution in [3.63, 3.8) is 0 Å². The van der Waals surface area contributed by atoms with Gasteiger partial charge < -0.3 is 21.1 Å². The zero-order valence-corrected chi connectivity index (χ0v) is 17.4. The molecule has 0 bridgehead atoms. The van der Waals surface area contributed by atoms with Crippen LogP contribution in [0.15, 0.2) is 48.5 Å². The number of carbonyl (C=O) groups is 2. The molecular formula is C23H26F3N3O3. The van der Waals surface area contributed by atoms with Crippen LogP contribution in [0.5, 0.6) is 0 Å². The molecule has 0 aliphatic heterocycles. The second-order valence-corrected chi connectivity index (χ2v) is 8.01. The van der Waals surface area contributed by atoms with Crippen LogP contribution in [0.3, 0.4) is 0 Å². The first-order chi connectivity index (χ1) is 15.2. The molecule has 9 heteroatoms. The van der Waals surface area contributed by atoms with Crippen LogP contribution in [0.4, 0.5) is 29.3 Å². The van der Waals surface area contributed by atoms with Gasteiger partial charge in [-0.3, -0.25) is 4.79 Å². The van der Waals surface area contributed by atoms with Crippen molar-refractivity contribution in [3.8, 4) is 0 Å². The Morgan fingerprint density at radius 1 is 0.969 bits per heavy atom. The van der Waals surface area contributed by atoms with Gasteiger partial charge in [0.05, 0.1) is 11.3 Å². The van der Waals surface area contributed by atoms with Crippen LogP contribution in [0.1, 0.15) is 43.2 Å². The molecule has 2 aromatic carbocycles. The lowest BCUT2D eigenvalue weighted by atomic mass is 10.1. The molecule has 0 unspecified atom stereocenters. The summed E-state index contributed by atoms with van der Waals surface area (Å²) < 4.78 is 38.7. The lowest BCUT2D eigenvalue weighted by Crippen LogP contribution is -2.25. The number of hydrogen-bond donors (Lipinski definition) is 4. The highest BCUT2D eigenvalue weighted by atomic mass is 19.4. The average molecular weight is 449 g/mol. The zero-order valence-electron chi connectivity index (χ0n) is 17.4. The summed E-state index contributed by atoms with van der Waals surface area (Å²) in [6, 6.07) is 12.2. The largest absolute Gasteiger partial charge is 0.465 e. The standard InChI is InChI=1S/C15H13F3N2O2.C8H13NO/c16-15(17,18)12-3-1-2-4-13(12)20-11-7-5-10(6-8-11)9-19-14(21)22;10-8(5-6-1-2-6)9-7-3-4-7/h1-8,19-20H,9H2,(H,21,22);6-7H,1-5H2,(H,9,10). The summed E-state index contributed by atoms with van der Waals surface area (Å²) in [5.41, 5.74) is 0.408. The summed E-state index contributed by atoms with van der Waals surface area (Å²) in [7, 11) is 0. The molecule has 172 valence electrons. The Bertz CT molecular complexity index is 908. The Labute approximate surface area is 184 Å². The van der Waals surface area contributed by atoms with E-state index in [1.54, 1.807) is 24.3 Å². The van der Waals surface area contributed by atoms with Gasteiger partial charge in [-0.25, -0.2) is 4.79 Å². The molecule has 0 saturated heterocycles. The molecule has 2 amide bonds. The Morgan fingerprint density at radius 3 is 2.19 bits per heavy atom. The number of carboxylic acid groups (broad SMARTS) is 1. The molecular weight excluding hydrogens is 423 g/mol. The number of amides is 2. The molecule has 2 fully saturated rings. The summed E-state index contributed by atoms with van der Waals surface area (Å²) in [5.74, 6) is 1.02. The van der Waals surface area contributed by atoms with E-state index >= 15 is 0 Å². The predicted molar refractivity (Wildman–Crippen MR) is 115 cm³/mol. The normalized spacial score (nSPS) is 15.2. The Kier molecular flexibility index (Phi) is 7.61. The van der Waals surface area contributed by atoms with E-state index in [4.69, 9.17) is 5.11 Å². The van der Waals surface area contributed by atoms with E-state index in [1.807, 2.05) is 0 Å². The quantitative estimate of drug-likeness (QED) is 0.463. The number of benzene rings is 2. The molecule has 0 heterocycles. The topological polar surface area (TPSA) is 90.5 Å². The van der Waals surface area contributed by atoms with Crippen LogP contribution in [-0.4, -0.2) is 23.1 Å². The number of carbonyl (C=O) groups excluding carboxylic acids is 1. The third-order valence-corrected chi connectivity index (χ3v) is 5.02. The molecule has 0 radical (unpaired) electrons. The number of hydrogen-bond acceptors (Lipinski definition) is 3.